The fourth-order valence-corrected chi connectivity index (χ4v) is 5.13. The number of aryl methyl sites for hydroxylation is 1. The zero-order chi connectivity index (χ0) is 25.8. The molecule has 2 aliphatic rings. The summed E-state index contributed by atoms with van der Waals surface area (Å²) < 4.78 is 39.0. The molecule has 6 rings (SSSR count). The number of carbonyl (C=O) groups is 1. The van der Waals surface area contributed by atoms with E-state index in [1.54, 1.807) is 35.5 Å². The molecule has 0 bridgehead atoms. The summed E-state index contributed by atoms with van der Waals surface area (Å²) in [6.07, 6.45) is 2.57. The fraction of sp³-hybridized carbons (Fsp3) is 0.308. The molecular weight excluding hydrogens is 483 g/mol. The van der Waals surface area contributed by atoms with Crippen molar-refractivity contribution in [2.75, 3.05) is 5.73 Å². The number of nitrogens with zero attached hydrogens (tertiary/aromatic N) is 6. The summed E-state index contributed by atoms with van der Waals surface area (Å²) in [7, 11) is 0. The van der Waals surface area contributed by atoms with E-state index in [1.807, 2.05) is 6.07 Å². The van der Waals surface area contributed by atoms with Crippen LogP contribution in [0.1, 0.15) is 58.0 Å². The van der Waals surface area contributed by atoms with Crippen molar-refractivity contribution in [1.82, 2.24) is 30.0 Å². The minimum atomic E-state index is -4.60. The molecule has 3 heterocycles. The summed E-state index contributed by atoms with van der Waals surface area (Å²) in [5.41, 5.74) is 7.84. The highest BCUT2D eigenvalue weighted by Crippen LogP contribution is 2.50. The Morgan fingerprint density at radius 1 is 1.03 bits per heavy atom. The first-order valence-corrected chi connectivity index (χ1v) is 12.0. The van der Waals surface area contributed by atoms with Gasteiger partial charge in [0.15, 0.2) is 11.5 Å². The summed E-state index contributed by atoms with van der Waals surface area (Å²) in [6, 6.07) is 9.13. The third kappa shape index (κ3) is 4.04. The van der Waals surface area contributed by atoms with E-state index in [2.05, 4.69) is 25.1 Å². The third-order valence-electron chi connectivity index (χ3n) is 7.13. The Morgan fingerprint density at radius 3 is 2.46 bits per heavy atom. The number of nitrogen functional groups attached to an aromatic ring is 1. The van der Waals surface area contributed by atoms with Crippen LogP contribution in [-0.2, 0) is 31.1 Å². The molecule has 2 aliphatic carbocycles. The Labute approximate surface area is 209 Å². The lowest BCUT2D eigenvalue weighted by Crippen LogP contribution is -2.41. The van der Waals surface area contributed by atoms with Crippen molar-refractivity contribution < 1.29 is 18.0 Å². The number of pyridine rings is 1. The number of hydrogen-bond acceptors (Lipinski definition) is 7. The van der Waals surface area contributed by atoms with Crippen molar-refractivity contribution in [3.63, 3.8) is 0 Å². The third-order valence-corrected chi connectivity index (χ3v) is 7.13. The van der Waals surface area contributed by atoms with Crippen LogP contribution in [0.3, 0.4) is 0 Å². The van der Waals surface area contributed by atoms with Crippen LogP contribution in [0.5, 0.6) is 0 Å². The average molecular weight is 506 g/mol. The molecule has 1 aromatic carbocycles. The summed E-state index contributed by atoms with van der Waals surface area (Å²) in [4.78, 5) is 28.9. The van der Waals surface area contributed by atoms with Gasteiger partial charge in [-0.2, -0.15) is 18.3 Å². The number of hydrogen-bond donors (Lipinski definition) is 1. The molecule has 0 spiro atoms. The molecule has 0 aliphatic heterocycles. The highest BCUT2D eigenvalue weighted by Gasteiger charge is 2.54. The normalized spacial score (nSPS) is 16.0. The minimum Gasteiger partial charge on any atom is -0.383 e. The molecule has 0 saturated heterocycles. The van der Waals surface area contributed by atoms with Crippen LogP contribution in [-0.4, -0.2) is 36.0 Å². The number of halogens is 3. The van der Waals surface area contributed by atoms with Gasteiger partial charge in [0.1, 0.15) is 11.4 Å². The van der Waals surface area contributed by atoms with Crippen LogP contribution >= 0.6 is 0 Å². The van der Waals surface area contributed by atoms with Crippen LogP contribution in [0.25, 0.3) is 10.9 Å². The predicted octanol–water partition coefficient (Wildman–Crippen LogP) is 4.24. The Morgan fingerprint density at radius 2 is 1.78 bits per heavy atom. The second-order valence-electron chi connectivity index (χ2n) is 9.44. The van der Waals surface area contributed by atoms with Crippen LogP contribution in [0, 0.1) is 0 Å². The van der Waals surface area contributed by atoms with Gasteiger partial charge in [0.2, 0.25) is 0 Å². The van der Waals surface area contributed by atoms with Gasteiger partial charge in [-0.05, 0) is 79.6 Å². The zero-order valence-corrected chi connectivity index (χ0v) is 19.7. The van der Waals surface area contributed by atoms with Gasteiger partial charge in [-0.3, -0.25) is 4.79 Å². The minimum absolute atomic E-state index is 0.0433. The van der Waals surface area contributed by atoms with Gasteiger partial charge in [0.05, 0.1) is 17.8 Å². The molecule has 0 radical (unpaired) electrons. The maximum atomic E-state index is 14.0. The number of anilines is 1. The largest absolute Gasteiger partial charge is 0.435 e. The van der Waals surface area contributed by atoms with Crippen molar-refractivity contribution in [2.24, 2.45) is 0 Å². The van der Waals surface area contributed by atoms with Gasteiger partial charge in [-0.1, -0.05) is 0 Å². The van der Waals surface area contributed by atoms with Gasteiger partial charge < -0.3 is 10.6 Å². The molecule has 4 aromatic rings. The second kappa shape index (κ2) is 8.46. The number of rotatable bonds is 5. The van der Waals surface area contributed by atoms with E-state index in [0.29, 0.717) is 30.0 Å². The Bertz CT molecular complexity index is 1500. The van der Waals surface area contributed by atoms with Crippen molar-refractivity contribution in [3.05, 3.63) is 82.7 Å². The lowest BCUT2D eigenvalue weighted by atomic mass is 10.0. The number of carbonyl (C=O) groups excluding carboxylic acids is 1. The number of benzene rings is 1. The predicted molar refractivity (Wildman–Crippen MR) is 128 cm³/mol. The maximum Gasteiger partial charge on any atom is 0.435 e. The first kappa shape index (κ1) is 23.3. The van der Waals surface area contributed by atoms with Crippen LogP contribution in [0.2, 0.25) is 0 Å². The maximum absolute atomic E-state index is 14.0. The standard InChI is InChI=1S/C26H22F3N7O/c27-26(28,29)21-8-6-16(34-35-21)14-36(25(9-10-25)24-31-11-2-12-32-24)23(37)15-5-7-20-19(13-15)17-3-1-4-18(17)22(30)33-20/h2,5-8,11-13H,1,3-4,9-10,14H2,(H2,30,33). The topological polar surface area (TPSA) is 111 Å². The van der Waals surface area contributed by atoms with E-state index in [9.17, 15) is 18.0 Å². The van der Waals surface area contributed by atoms with Crippen molar-refractivity contribution in [1.29, 1.82) is 0 Å². The highest BCUT2D eigenvalue weighted by atomic mass is 19.4. The zero-order valence-electron chi connectivity index (χ0n) is 19.7. The molecule has 0 atom stereocenters. The Hall–Kier alpha value is -4.15. The number of amides is 1. The highest BCUT2D eigenvalue weighted by molar-refractivity contribution is 6.00. The number of aromatic nitrogens is 5. The molecule has 8 nitrogen and oxygen atoms in total. The van der Waals surface area contributed by atoms with E-state index >= 15 is 0 Å². The molecular formula is C26H22F3N7O. The van der Waals surface area contributed by atoms with Crippen molar-refractivity contribution in [3.8, 4) is 0 Å². The van der Waals surface area contributed by atoms with Crippen molar-refractivity contribution in [2.45, 2.75) is 50.4 Å². The van der Waals surface area contributed by atoms with E-state index in [0.717, 1.165) is 47.4 Å². The van der Waals surface area contributed by atoms with Gasteiger partial charge in [0.25, 0.3) is 5.91 Å². The summed E-state index contributed by atoms with van der Waals surface area (Å²) in [6.45, 7) is -0.0433. The molecule has 2 N–H and O–H groups in total. The van der Waals surface area contributed by atoms with E-state index < -0.39 is 17.4 Å². The van der Waals surface area contributed by atoms with E-state index in [-0.39, 0.29) is 18.1 Å². The van der Waals surface area contributed by atoms with Crippen LogP contribution < -0.4 is 5.73 Å². The van der Waals surface area contributed by atoms with Crippen molar-refractivity contribution >= 4 is 22.6 Å². The number of nitrogens with two attached hydrogens (primary N) is 1. The average Bonchev–Trinajstić information content (AvgIpc) is 3.54. The SMILES string of the molecule is Nc1nc2ccc(C(=O)N(Cc3ccc(C(F)(F)F)nn3)C3(c4ncccn4)CC3)cc2c2c1CCC2. The molecule has 0 unspecified atom stereocenters. The fourth-order valence-electron chi connectivity index (χ4n) is 5.13. The summed E-state index contributed by atoms with van der Waals surface area (Å²) in [5.74, 6) is 0.719. The van der Waals surface area contributed by atoms with Crippen LogP contribution in [0.4, 0.5) is 19.0 Å². The molecule has 11 heteroatoms. The van der Waals surface area contributed by atoms with Gasteiger partial charge in [-0.15, -0.1) is 5.10 Å². The van der Waals surface area contributed by atoms with Crippen LogP contribution in [0.15, 0.2) is 48.8 Å². The molecule has 3 aromatic heterocycles. The summed E-state index contributed by atoms with van der Waals surface area (Å²) in [5, 5.41) is 8.00. The first-order chi connectivity index (χ1) is 17.8. The van der Waals surface area contributed by atoms with Gasteiger partial charge in [0, 0.05) is 23.3 Å². The molecule has 37 heavy (non-hydrogen) atoms. The number of fused-ring (bicyclic) bond motifs is 3. The molecule has 1 amide bonds. The molecule has 1 saturated carbocycles. The van der Waals surface area contributed by atoms with Gasteiger partial charge in [-0.25, -0.2) is 15.0 Å². The van der Waals surface area contributed by atoms with E-state index in [1.165, 1.54) is 6.07 Å². The first-order valence-electron chi connectivity index (χ1n) is 12.0. The number of alkyl halides is 3. The quantitative estimate of drug-likeness (QED) is 0.432. The Balaban J connectivity index is 1.41. The summed E-state index contributed by atoms with van der Waals surface area (Å²) >= 11 is 0. The lowest BCUT2D eigenvalue weighted by molar-refractivity contribution is -0.141. The smallest absolute Gasteiger partial charge is 0.383 e. The van der Waals surface area contributed by atoms with E-state index in [4.69, 9.17) is 5.73 Å². The lowest BCUT2D eigenvalue weighted by Gasteiger charge is -2.31. The Kier molecular flexibility index (Phi) is 5.32. The molecule has 188 valence electrons. The monoisotopic (exact) mass is 505 g/mol. The second-order valence-corrected chi connectivity index (χ2v) is 9.44. The van der Waals surface area contributed by atoms with Gasteiger partial charge >= 0.3 is 6.18 Å². The molecule has 1 fully saturated rings.